The van der Waals surface area contributed by atoms with Crippen LogP contribution in [0.1, 0.15) is 45.9 Å². The summed E-state index contributed by atoms with van der Waals surface area (Å²) < 4.78 is 0.831. The zero-order valence-corrected chi connectivity index (χ0v) is 33.6. The molecule has 0 saturated carbocycles. The molecule has 0 radical (unpaired) electrons. The fraction of sp³-hybridized carbons (Fsp3) is 0.314. The molecule has 0 unspecified atom stereocenters. The maximum Gasteiger partial charge on any atom is 0.326 e. The fourth-order valence-corrected chi connectivity index (χ4v) is 5.75. The van der Waals surface area contributed by atoms with Gasteiger partial charge in [-0.2, -0.15) is 0 Å². The number of benzene rings is 3. The van der Waals surface area contributed by atoms with E-state index in [0.29, 0.717) is 10.7 Å². The molecule has 0 spiro atoms. The van der Waals surface area contributed by atoms with Gasteiger partial charge in [0, 0.05) is 31.3 Å². The van der Waals surface area contributed by atoms with Gasteiger partial charge < -0.3 is 33.2 Å². The van der Waals surface area contributed by atoms with Gasteiger partial charge in [0.2, 0.25) is 0 Å². The Labute approximate surface area is 318 Å². The minimum atomic E-state index is -0.470. The monoisotopic (exact) mass is 800 g/mol. The summed E-state index contributed by atoms with van der Waals surface area (Å²) in [5, 5.41) is 15.9. The van der Waals surface area contributed by atoms with E-state index in [1.54, 1.807) is 6.07 Å². The first-order valence-corrected chi connectivity index (χ1v) is 17.1. The number of amides is 6. The maximum absolute atomic E-state index is 11.7. The molecule has 0 aliphatic heterocycles. The van der Waals surface area contributed by atoms with Crippen molar-refractivity contribution in [1.82, 2.24) is 16.0 Å². The first-order valence-electron chi connectivity index (χ1n) is 15.9. The summed E-state index contributed by atoms with van der Waals surface area (Å²) in [6.07, 6.45) is 0.857. The van der Waals surface area contributed by atoms with Crippen LogP contribution < -0.4 is 49.1 Å². The van der Waals surface area contributed by atoms with Gasteiger partial charge in [-0.1, -0.05) is 48.4 Å². The lowest BCUT2D eigenvalue weighted by molar-refractivity contribution is 0.255. The maximum atomic E-state index is 11.7. The number of anilines is 3. The molecule has 0 aliphatic carbocycles. The summed E-state index contributed by atoms with van der Waals surface area (Å²) in [7, 11) is 4.51. The predicted octanol–water partition coefficient (Wildman–Crippen LogP) is 6.09. The van der Waals surface area contributed by atoms with Crippen molar-refractivity contribution in [2.75, 3.05) is 37.1 Å². The number of hydrogen-bond donors (Lipinski definition) is 9. The van der Waals surface area contributed by atoms with Crippen LogP contribution in [-0.4, -0.2) is 57.1 Å². The number of guanidine groups is 3. The smallest absolute Gasteiger partial charge is 0.326 e. The van der Waals surface area contributed by atoms with Gasteiger partial charge in [0.1, 0.15) is 0 Å². The molecule has 0 bridgehead atoms. The summed E-state index contributed by atoms with van der Waals surface area (Å²) in [5.74, 6) is 0.210. The molecular formula is C35H50BrClN12O3. The molecule has 282 valence electrons. The molecule has 0 heterocycles. The average molecular weight is 802 g/mol. The normalized spacial score (nSPS) is 11.2. The van der Waals surface area contributed by atoms with E-state index in [-0.39, 0.29) is 23.9 Å². The summed E-state index contributed by atoms with van der Waals surface area (Å²) >= 11 is 9.45. The Balaban J connectivity index is 0.000000390. The number of hydrogen-bond acceptors (Lipinski definition) is 6. The van der Waals surface area contributed by atoms with Crippen molar-refractivity contribution in [3.63, 3.8) is 0 Å². The Hall–Kier alpha value is -5.35. The lowest BCUT2D eigenvalue weighted by Crippen LogP contribution is -2.39. The van der Waals surface area contributed by atoms with Crippen molar-refractivity contribution in [1.29, 1.82) is 0 Å². The van der Waals surface area contributed by atoms with Crippen LogP contribution in [0.4, 0.5) is 31.4 Å². The SMILES string of the molecule is CCc1cc(C)cc(C)c1NC(=O)NC(N)=NC.CN=C(N)NC(=O)Nc1c(C)cc(C)cc1Br.CN=C(N)NC(=O)Nc1c(C)cc(C)cc1Cl. The van der Waals surface area contributed by atoms with Gasteiger partial charge in [-0.15, -0.1) is 0 Å². The Morgan fingerprint density at radius 1 is 0.596 bits per heavy atom. The highest BCUT2D eigenvalue weighted by atomic mass is 79.9. The molecule has 3 rings (SSSR count). The third kappa shape index (κ3) is 15.3. The van der Waals surface area contributed by atoms with Crippen LogP contribution in [-0.2, 0) is 6.42 Å². The number of halogens is 2. The summed E-state index contributed by atoms with van der Waals surface area (Å²) in [6.45, 7) is 13.8. The first-order chi connectivity index (χ1) is 24.3. The van der Waals surface area contributed by atoms with Crippen molar-refractivity contribution < 1.29 is 14.4 Å². The molecule has 6 amide bonds. The number of urea groups is 3. The first kappa shape index (κ1) is 44.7. The van der Waals surface area contributed by atoms with Crippen LogP contribution in [0.2, 0.25) is 5.02 Å². The van der Waals surface area contributed by atoms with Crippen LogP contribution in [0.25, 0.3) is 0 Å². The number of nitrogens with two attached hydrogens (primary N) is 3. The molecule has 17 heteroatoms. The van der Waals surface area contributed by atoms with E-state index in [2.05, 4.69) is 75.8 Å². The molecule has 0 saturated heterocycles. The highest BCUT2D eigenvalue weighted by Crippen LogP contribution is 2.28. The Morgan fingerprint density at radius 2 is 0.942 bits per heavy atom. The molecule has 12 N–H and O–H groups in total. The molecule has 52 heavy (non-hydrogen) atoms. The van der Waals surface area contributed by atoms with Crippen LogP contribution in [0.3, 0.4) is 0 Å². The molecule has 0 aliphatic rings. The summed E-state index contributed by atoms with van der Waals surface area (Å²) in [4.78, 5) is 45.7. The van der Waals surface area contributed by atoms with Gasteiger partial charge in [0.25, 0.3) is 0 Å². The lowest BCUT2D eigenvalue weighted by atomic mass is 10.0. The summed E-state index contributed by atoms with van der Waals surface area (Å²) in [6, 6.07) is 10.5. The van der Waals surface area contributed by atoms with E-state index in [0.717, 1.165) is 55.6 Å². The Bertz CT molecular complexity index is 1710. The fourth-order valence-electron chi connectivity index (χ4n) is 4.61. The van der Waals surface area contributed by atoms with Gasteiger partial charge >= 0.3 is 18.1 Å². The van der Waals surface area contributed by atoms with Crippen molar-refractivity contribution in [2.45, 2.75) is 54.9 Å². The zero-order valence-electron chi connectivity index (χ0n) is 31.2. The van der Waals surface area contributed by atoms with Crippen LogP contribution in [0, 0.1) is 41.5 Å². The minimum absolute atomic E-state index is 0.0448. The molecule has 0 atom stereocenters. The summed E-state index contributed by atoms with van der Waals surface area (Å²) in [5.41, 5.74) is 25.7. The van der Waals surface area contributed by atoms with Gasteiger partial charge in [-0.05, 0) is 109 Å². The highest BCUT2D eigenvalue weighted by molar-refractivity contribution is 9.10. The molecule has 15 nitrogen and oxygen atoms in total. The predicted molar refractivity (Wildman–Crippen MR) is 219 cm³/mol. The Kier molecular flexibility index (Phi) is 18.7. The van der Waals surface area contributed by atoms with E-state index in [1.807, 2.05) is 65.8 Å². The van der Waals surface area contributed by atoms with E-state index < -0.39 is 12.1 Å². The second-order valence-electron chi connectivity index (χ2n) is 11.4. The number of nitrogens with one attached hydrogen (secondary N) is 6. The standard InChI is InChI=1S/C13H20N4O.C11H15BrN4O.C11H15ClN4O/c1-5-10-7-8(2)6-9(3)11(10)16-13(18)17-12(14)15-4;2*1-6-4-7(2)9(8(12)5-6)15-11(17)16-10(13)14-3/h6-7H,5H2,1-4H3,(H4,14,15,16,17,18);2*4-5H,1-3H3,(H4,13,14,15,16,17). The van der Waals surface area contributed by atoms with Crippen molar-refractivity contribution in [3.05, 3.63) is 84.8 Å². The van der Waals surface area contributed by atoms with E-state index in [1.165, 1.54) is 26.7 Å². The van der Waals surface area contributed by atoms with E-state index in [9.17, 15) is 14.4 Å². The van der Waals surface area contributed by atoms with E-state index >= 15 is 0 Å². The average Bonchev–Trinajstić information content (AvgIpc) is 3.05. The minimum Gasteiger partial charge on any atom is -0.370 e. The molecule has 3 aromatic rings. The highest BCUT2D eigenvalue weighted by Gasteiger charge is 2.12. The quantitative estimate of drug-likeness (QED) is 0.112. The van der Waals surface area contributed by atoms with Crippen LogP contribution in [0.15, 0.2) is 55.8 Å². The molecular weight excluding hydrogens is 752 g/mol. The van der Waals surface area contributed by atoms with E-state index in [4.69, 9.17) is 28.8 Å². The van der Waals surface area contributed by atoms with Crippen LogP contribution >= 0.6 is 27.5 Å². The van der Waals surface area contributed by atoms with Crippen LogP contribution in [0.5, 0.6) is 0 Å². The second kappa shape index (κ2) is 21.8. The third-order valence-electron chi connectivity index (χ3n) is 6.97. The largest absolute Gasteiger partial charge is 0.370 e. The van der Waals surface area contributed by atoms with Gasteiger partial charge in [-0.25, -0.2) is 14.4 Å². The topological polar surface area (TPSA) is 239 Å². The number of aryl methyl sites for hydroxylation is 7. The van der Waals surface area contributed by atoms with Crippen molar-refractivity contribution >= 4 is 80.6 Å². The molecule has 0 fully saturated rings. The Morgan fingerprint density at radius 3 is 1.33 bits per heavy atom. The number of carbonyl (C=O) groups is 3. The van der Waals surface area contributed by atoms with Gasteiger partial charge in [-0.3, -0.25) is 30.9 Å². The van der Waals surface area contributed by atoms with Gasteiger partial charge in [0.05, 0.1) is 16.4 Å². The lowest BCUT2D eigenvalue weighted by Gasteiger charge is -2.14. The second-order valence-corrected chi connectivity index (χ2v) is 12.7. The number of carbonyl (C=O) groups excluding carboxylic acids is 3. The third-order valence-corrected chi connectivity index (χ3v) is 7.89. The molecule has 0 aromatic heterocycles. The van der Waals surface area contributed by atoms with Crippen molar-refractivity contribution in [2.24, 2.45) is 32.2 Å². The molecule has 3 aromatic carbocycles. The van der Waals surface area contributed by atoms with Crippen molar-refractivity contribution in [3.8, 4) is 0 Å². The van der Waals surface area contributed by atoms with Gasteiger partial charge in [0.15, 0.2) is 17.9 Å². The number of aliphatic imine (C=N–C) groups is 3. The number of nitrogens with zero attached hydrogens (tertiary/aromatic N) is 3. The zero-order chi connectivity index (χ0) is 39.7. The number of rotatable bonds is 4.